The van der Waals surface area contributed by atoms with Crippen molar-refractivity contribution in [3.05, 3.63) is 112 Å². The zero-order valence-corrected chi connectivity index (χ0v) is 33.2. The fraction of sp³-hybridized carbons (Fsp3) is 0.162. The molecule has 2 N–H and O–H groups in total. The summed E-state index contributed by atoms with van der Waals surface area (Å²) in [5.41, 5.74) is 6.44. The predicted octanol–water partition coefficient (Wildman–Crippen LogP) is 1.09. The van der Waals surface area contributed by atoms with Crippen molar-refractivity contribution in [2.24, 2.45) is 4.99 Å². The summed E-state index contributed by atoms with van der Waals surface area (Å²) < 4.78 is 114. The summed E-state index contributed by atoms with van der Waals surface area (Å²) in [5.74, 6) is 0.243. The number of fused-ring (bicyclic) bond motifs is 2. The zero-order valence-electron chi connectivity index (χ0n) is 30.7. The molecule has 4 aromatic carbocycles. The van der Waals surface area contributed by atoms with Gasteiger partial charge in [-0.1, -0.05) is 29.8 Å². The van der Waals surface area contributed by atoms with Crippen LogP contribution in [0.15, 0.2) is 96.9 Å². The van der Waals surface area contributed by atoms with Gasteiger partial charge >= 0.3 is 37.7 Å². The summed E-state index contributed by atoms with van der Waals surface area (Å²) in [7, 11) is -15.0. The molecule has 0 amide bonds. The molecular formula is C37H32Li2N2O10S3. The monoisotopic (exact) mass is 774 g/mol. The first-order valence-corrected chi connectivity index (χ1v) is 19.9. The van der Waals surface area contributed by atoms with Gasteiger partial charge in [0, 0.05) is 45.6 Å². The van der Waals surface area contributed by atoms with E-state index in [-0.39, 0.29) is 70.7 Å². The molecule has 270 valence electrons. The second-order valence-electron chi connectivity index (χ2n) is 12.7. The first-order valence-electron chi connectivity index (χ1n) is 15.7. The molecule has 0 saturated carbocycles. The number of nitrogens with one attached hydrogen (secondary N) is 1. The van der Waals surface area contributed by atoms with Gasteiger partial charge in [0.1, 0.15) is 36.5 Å². The first kappa shape index (κ1) is 43.0. The molecule has 0 radical (unpaired) electrons. The van der Waals surface area contributed by atoms with Crippen LogP contribution in [0.1, 0.15) is 33.4 Å². The largest absolute Gasteiger partial charge is 1.00 e. The fourth-order valence-electron chi connectivity index (χ4n) is 6.76. The van der Waals surface area contributed by atoms with Gasteiger partial charge in [-0.3, -0.25) is 4.55 Å². The third-order valence-corrected chi connectivity index (χ3v) is 11.6. The summed E-state index contributed by atoms with van der Waals surface area (Å²) in [4.78, 5) is 2.86. The zero-order chi connectivity index (χ0) is 38.1. The Morgan fingerprint density at radius 1 is 0.685 bits per heavy atom. The number of benzene rings is 5. The molecule has 54 heavy (non-hydrogen) atoms. The maximum atomic E-state index is 12.7. The molecule has 2 aliphatic rings. The third-order valence-electron chi connectivity index (χ3n) is 8.79. The molecule has 0 spiro atoms. The second-order valence-corrected chi connectivity index (χ2v) is 16.8. The minimum Gasteiger partial charge on any atom is -0.744 e. The Morgan fingerprint density at radius 2 is 1.31 bits per heavy atom. The number of hydrogen-bond donors (Lipinski definition) is 2. The van der Waals surface area contributed by atoms with Crippen LogP contribution in [0.25, 0.3) is 33.4 Å². The summed E-state index contributed by atoms with van der Waals surface area (Å²) in [6.45, 7) is 10.7. The van der Waals surface area contributed by atoms with E-state index >= 15 is 0 Å². The average Bonchev–Trinajstić information content (AvgIpc) is 3.01. The molecule has 1 aliphatic heterocycles. The van der Waals surface area contributed by atoms with Crippen molar-refractivity contribution < 1.29 is 81.0 Å². The molecule has 6 rings (SSSR count). The van der Waals surface area contributed by atoms with Crippen molar-refractivity contribution in [3.8, 4) is 22.5 Å². The quantitative estimate of drug-likeness (QED) is 0.133. The van der Waals surface area contributed by atoms with Crippen molar-refractivity contribution in [2.75, 3.05) is 5.32 Å². The Balaban J connectivity index is 0.00000325. The fourth-order valence-corrected chi connectivity index (χ4v) is 8.99. The first-order chi connectivity index (χ1) is 24.1. The molecule has 0 fully saturated rings. The molecule has 0 atom stereocenters. The number of rotatable bonds is 7. The molecule has 12 nitrogen and oxygen atoms in total. The van der Waals surface area contributed by atoms with Gasteiger partial charge in [0.05, 0.1) is 20.8 Å². The van der Waals surface area contributed by atoms with Gasteiger partial charge in [-0.2, -0.15) is 8.42 Å². The van der Waals surface area contributed by atoms with Crippen LogP contribution in [0.3, 0.4) is 0 Å². The number of anilines is 2. The molecule has 0 unspecified atom stereocenters. The van der Waals surface area contributed by atoms with Gasteiger partial charge in [-0.15, -0.1) is 0 Å². The van der Waals surface area contributed by atoms with E-state index in [0.29, 0.717) is 44.9 Å². The van der Waals surface area contributed by atoms with E-state index in [9.17, 15) is 38.9 Å². The second kappa shape index (κ2) is 15.4. The van der Waals surface area contributed by atoms with Crippen molar-refractivity contribution in [2.45, 2.75) is 56.2 Å². The van der Waals surface area contributed by atoms with Crippen molar-refractivity contribution in [1.82, 2.24) is 0 Å². The van der Waals surface area contributed by atoms with Crippen molar-refractivity contribution >= 4 is 58.4 Å². The smallest absolute Gasteiger partial charge is 0.744 e. The molecule has 0 saturated heterocycles. The molecule has 1 heterocycles. The van der Waals surface area contributed by atoms with Gasteiger partial charge in [-0.25, -0.2) is 21.8 Å². The standard InChI is InChI=1S/C37H34N2O10S3.2Li/c1-19-13-20(2)35(21(3)14-19)38-25-7-10-28-31(16-25)49-32-17-26(39-36-22(4)15-23(5)37(24(36)6)52(46,47)48)8-11-29(32)34(28)30-12-9-27(50(40,41)42)18-33(30)51(43,44)45;;/h7-18,39H,1-6H3,(H,40,41,42)(H,43,44,45)(H,46,47,48);;/q;2*+1/p-2. The Hall–Kier alpha value is -3.71. The molecule has 4 aromatic rings. The number of nitrogens with zero attached hydrogens (tertiary/aromatic N) is 1. The SMILES string of the molecule is Cc1cc(C)c(N=c2ccc3c(-c4ccc(S(=O)(=O)[O-])cc4S(=O)(=O)O)c4ccc(Nc5c(C)cc(C)c(S(=O)(=O)[O-])c5C)cc4oc-3c2)c(C)c1.[Li+].[Li+]. The summed E-state index contributed by atoms with van der Waals surface area (Å²) in [5, 5.41) is 4.03. The van der Waals surface area contributed by atoms with E-state index < -0.39 is 40.1 Å². The van der Waals surface area contributed by atoms with Crippen LogP contribution in [-0.4, -0.2) is 38.9 Å². The number of hydrogen-bond acceptors (Lipinski definition) is 11. The Labute approximate surface area is 337 Å². The van der Waals surface area contributed by atoms with E-state index in [4.69, 9.17) is 9.41 Å². The minimum atomic E-state index is -5.09. The topological polar surface area (TPSA) is 206 Å². The van der Waals surface area contributed by atoms with Gasteiger partial charge in [0.25, 0.3) is 10.1 Å². The van der Waals surface area contributed by atoms with Gasteiger partial charge in [0.15, 0.2) is 0 Å². The maximum Gasteiger partial charge on any atom is 1.00 e. The van der Waals surface area contributed by atoms with Gasteiger partial charge in [0.2, 0.25) is 0 Å². The number of aryl methyl sites for hydroxylation is 5. The Morgan fingerprint density at radius 3 is 1.91 bits per heavy atom. The van der Waals surface area contributed by atoms with E-state index in [1.165, 1.54) is 13.8 Å². The van der Waals surface area contributed by atoms with Crippen molar-refractivity contribution in [1.29, 1.82) is 0 Å². The minimum absolute atomic E-state index is 0. The Kier molecular flexibility index (Phi) is 12.3. The third kappa shape index (κ3) is 8.42. The van der Waals surface area contributed by atoms with E-state index in [0.717, 1.165) is 34.5 Å². The van der Waals surface area contributed by atoms with E-state index in [1.54, 1.807) is 49.4 Å². The Bertz CT molecular complexity index is 2850. The van der Waals surface area contributed by atoms with Crippen molar-refractivity contribution in [3.63, 3.8) is 0 Å². The molecule has 1 aliphatic carbocycles. The summed E-state index contributed by atoms with van der Waals surface area (Å²) in [6.07, 6.45) is 0. The average molecular weight is 775 g/mol. The predicted molar refractivity (Wildman–Crippen MR) is 194 cm³/mol. The van der Waals surface area contributed by atoms with E-state index in [2.05, 4.69) is 5.32 Å². The molecule has 0 aromatic heterocycles. The van der Waals surface area contributed by atoms with Crippen LogP contribution in [0.2, 0.25) is 0 Å². The van der Waals surface area contributed by atoms with Crippen LogP contribution in [0.4, 0.5) is 17.1 Å². The maximum absolute atomic E-state index is 12.7. The molecular weight excluding hydrogens is 742 g/mol. The van der Waals surface area contributed by atoms with Crippen LogP contribution < -0.4 is 48.4 Å². The summed E-state index contributed by atoms with van der Waals surface area (Å²) >= 11 is 0. The van der Waals surface area contributed by atoms with Crippen LogP contribution in [-0.2, 0) is 30.4 Å². The normalized spacial score (nSPS) is 12.4. The summed E-state index contributed by atoms with van der Waals surface area (Å²) in [6, 6.07) is 18.1. The molecule has 17 heteroatoms. The van der Waals surface area contributed by atoms with Crippen LogP contribution in [0.5, 0.6) is 0 Å². The molecule has 0 bridgehead atoms. The van der Waals surface area contributed by atoms with Crippen LogP contribution in [0, 0.1) is 41.5 Å². The van der Waals surface area contributed by atoms with Gasteiger partial charge < -0.3 is 18.8 Å². The van der Waals surface area contributed by atoms with Gasteiger partial charge in [-0.05, 0) is 106 Å². The van der Waals surface area contributed by atoms with Crippen LogP contribution >= 0.6 is 0 Å². The van der Waals surface area contributed by atoms with E-state index in [1.807, 2.05) is 32.9 Å².